The highest BCUT2D eigenvalue weighted by atomic mass is 16.6. The molecule has 0 radical (unpaired) electrons. The lowest BCUT2D eigenvalue weighted by atomic mass is 9.94. The highest BCUT2D eigenvalue weighted by Crippen LogP contribution is 2.20. The summed E-state index contributed by atoms with van der Waals surface area (Å²) >= 11 is 0. The van der Waals surface area contributed by atoms with E-state index in [0.29, 0.717) is 13.2 Å². The lowest BCUT2D eigenvalue weighted by Gasteiger charge is -2.33. The normalized spacial score (nSPS) is 21.2. The standard InChI is InChI=1S/C14H26N2O3/c1-6-18-15-11(2)12-8-7-9-16(10-12)13(17)19-14(3,4)5/h12H,6-10H2,1-5H3/t12-/m0/s1. The Labute approximate surface area is 115 Å². The van der Waals surface area contributed by atoms with E-state index in [2.05, 4.69) is 5.16 Å². The molecule has 1 saturated heterocycles. The van der Waals surface area contributed by atoms with Gasteiger partial charge in [0.2, 0.25) is 0 Å². The van der Waals surface area contributed by atoms with Crippen molar-refractivity contribution in [3.63, 3.8) is 0 Å². The summed E-state index contributed by atoms with van der Waals surface area (Å²) in [6.45, 7) is 11.5. The summed E-state index contributed by atoms with van der Waals surface area (Å²) in [5, 5.41) is 4.07. The predicted molar refractivity (Wildman–Crippen MR) is 75.3 cm³/mol. The van der Waals surface area contributed by atoms with Crippen molar-refractivity contribution in [3.05, 3.63) is 0 Å². The average Bonchev–Trinajstić information content (AvgIpc) is 2.34. The molecule has 1 amide bonds. The quantitative estimate of drug-likeness (QED) is 0.585. The van der Waals surface area contributed by atoms with Gasteiger partial charge in [-0.05, 0) is 47.5 Å². The Morgan fingerprint density at radius 2 is 2.11 bits per heavy atom. The minimum Gasteiger partial charge on any atom is -0.444 e. The first-order valence-corrected chi connectivity index (χ1v) is 6.98. The third kappa shape index (κ3) is 5.49. The molecule has 1 aliphatic heterocycles. The number of carbonyl (C=O) groups excluding carboxylic acids is 1. The van der Waals surface area contributed by atoms with Gasteiger partial charge in [-0.2, -0.15) is 0 Å². The molecule has 0 saturated carbocycles. The van der Waals surface area contributed by atoms with Gasteiger partial charge in [-0.3, -0.25) is 0 Å². The van der Waals surface area contributed by atoms with Crippen molar-refractivity contribution in [2.45, 2.75) is 53.1 Å². The summed E-state index contributed by atoms with van der Waals surface area (Å²) in [6.07, 6.45) is 1.78. The molecule has 1 aliphatic rings. The van der Waals surface area contributed by atoms with E-state index in [1.165, 1.54) is 0 Å². The first-order chi connectivity index (χ1) is 8.83. The fraction of sp³-hybridized carbons (Fsp3) is 0.857. The number of rotatable bonds is 3. The Bertz CT molecular complexity index is 334. The minimum absolute atomic E-state index is 0.235. The second-order valence-corrected chi connectivity index (χ2v) is 5.92. The minimum atomic E-state index is -0.446. The summed E-state index contributed by atoms with van der Waals surface area (Å²) in [6, 6.07) is 0. The fourth-order valence-corrected chi connectivity index (χ4v) is 2.05. The summed E-state index contributed by atoms with van der Waals surface area (Å²) in [5.41, 5.74) is 0.508. The molecule has 1 rings (SSSR count). The van der Waals surface area contributed by atoms with Crippen LogP contribution in [0.2, 0.25) is 0 Å². The molecule has 5 nitrogen and oxygen atoms in total. The van der Waals surface area contributed by atoms with Crippen LogP contribution >= 0.6 is 0 Å². The Morgan fingerprint density at radius 3 is 2.68 bits per heavy atom. The number of ether oxygens (including phenoxy) is 1. The molecular weight excluding hydrogens is 244 g/mol. The first kappa shape index (κ1) is 15.8. The summed E-state index contributed by atoms with van der Waals surface area (Å²) in [4.78, 5) is 18.9. The molecule has 0 aliphatic carbocycles. The molecule has 0 aromatic rings. The Balaban J connectivity index is 2.57. The van der Waals surface area contributed by atoms with Crippen molar-refractivity contribution in [2.75, 3.05) is 19.7 Å². The molecule has 0 unspecified atom stereocenters. The van der Waals surface area contributed by atoms with Gasteiger partial charge >= 0.3 is 6.09 Å². The predicted octanol–water partition coefficient (Wildman–Crippen LogP) is 3.05. The zero-order valence-electron chi connectivity index (χ0n) is 12.7. The maximum absolute atomic E-state index is 12.0. The van der Waals surface area contributed by atoms with E-state index < -0.39 is 5.60 Å². The molecule has 1 atom stereocenters. The van der Waals surface area contributed by atoms with Crippen LogP contribution in [-0.4, -0.2) is 42.0 Å². The van der Waals surface area contributed by atoms with Crippen LogP contribution in [-0.2, 0) is 9.57 Å². The Hall–Kier alpha value is -1.26. The molecule has 110 valence electrons. The van der Waals surface area contributed by atoms with Crippen LogP contribution in [0.4, 0.5) is 4.79 Å². The van der Waals surface area contributed by atoms with Crippen LogP contribution in [0, 0.1) is 5.92 Å². The number of hydrogen-bond acceptors (Lipinski definition) is 4. The smallest absolute Gasteiger partial charge is 0.410 e. The topological polar surface area (TPSA) is 51.1 Å². The molecule has 1 fully saturated rings. The molecule has 1 heterocycles. The number of nitrogens with zero attached hydrogens (tertiary/aromatic N) is 2. The van der Waals surface area contributed by atoms with Gasteiger partial charge in [0.25, 0.3) is 0 Å². The van der Waals surface area contributed by atoms with Gasteiger partial charge in [-0.25, -0.2) is 4.79 Å². The van der Waals surface area contributed by atoms with Crippen LogP contribution in [0.5, 0.6) is 0 Å². The summed E-state index contributed by atoms with van der Waals surface area (Å²) < 4.78 is 5.40. The first-order valence-electron chi connectivity index (χ1n) is 6.98. The van der Waals surface area contributed by atoms with Gasteiger partial charge in [0.1, 0.15) is 12.2 Å². The van der Waals surface area contributed by atoms with Crippen LogP contribution < -0.4 is 0 Å². The zero-order chi connectivity index (χ0) is 14.5. The Kier molecular flexibility index (Phi) is 5.63. The monoisotopic (exact) mass is 270 g/mol. The van der Waals surface area contributed by atoms with E-state index in [0.717, 1.165) is 25.1 Å². The largest absolute Gasteiger partial charge is 0.444 e. The van der Waals surface area contributed by atoms with E-state index in [9.17, 15) is 4.79 Å². The molecular formula is C14H26N2O3. The van der Waals surface area contributed by atoms with E-state index in [1.807, 2.05) is 34.6 Å². The van der Waals surface area contributed by atoms with Crippen molar-refractivity contribution < 1.29 is 14.4 Å². The van der Waals surface area contributed by atoms with Crippen molar-refractivity contribution in [2.24, 2.45) is 11.1 Å². The number of carbonyl (C=O) groups is 1. The molecule has 0 aromatic heterocycles. The van der Waals surface area contributed by atoms with Crippen LogP contribution in [0.15, 0.2) is 5.16 Å². The molecule has 0 spiro atoms. The maximum Gasteiger partial charge on any atom is 0.410 e. The third-order valence-corrected chi connectivity index (χ3v) is 3.00. The van der Waals surface area contributed by atoms with Crippen molar-refractivity contribution >= 4 is 11.8 Å². The fourth-order valence-electron chi connectivity index (χ4n) is 2.05. The lowest BCUT2D eigenvalue weighted by molar-refractivity contribution is 0.0192. The van der Waals surface area contributed by atoms with Gasteiger partial charge in [-0.1, -0.05) is 5.16 Å². The maximum atomic E-state index is 12.0. The summed E-state index contributed by atoms with van der Waals surface area (Å²) in [7, 11) is 0. The van der Waals surface area contributed by atoms with E-state index in [-0.39, 0.29) is 12.0 Å². The number of hydrogen-bond donors (Lipinski definition) is 0. The van der Waals surface area contributed by atoms with Crippen molar-refractivity contribution in [1.82, 2.24) is 4.90 Å². The molecule has 0 bridgehead atoms. The zero-order valence-corrected chi connectivity index (χ0v) is 12.7. The lowest BCUT2D eigenvalue weighted by Crippen LogP contribution is -2.44. The Morgan fingerprint density at radius 1 is 1.42 bits per heavy atom. The second kappa shape index (κ2) is 6.78. The SMILES string of the molecule is CCON=C(C)[C@H]1CCCN(C(=O)OC(C)(C)C)C1. The third-order valence-electron chi connectivity index (χ3n) is 3.00. The number of oxime groups is 1. The molecule has 19 heavy (non-hydrogen) atoms. The van der Waals surface area contributed by atoms with Gasteiger partial charge in [0, 0.05) is 19.0 Å². The van der Waals surface area contributed by atoms with Crippen LogP contribution in [0.3, 0.4) is 0 Å². The van der Waals surface area contributed by atoms with Crippen LogP contribution in [0.25, 0.3) is 0 Å². The highest BCUT2D eigenvalue weighted by Gasteiger charge is 2.28. The number of piperidine rings is 1. The number of amides is 1. The summed E-state index contributed by atoms with van der Waals surface area (Å²) in [5.74, 6) is 0.271. The molecule has 0 aromatic carbocycles. The van der Waals surface area contributed by atoms with Crippen molar-refractivity contribution in [1.29, 1.82) is 0 Å². The molecule has 0 N–H and O–H groups in total. The van der Waals surface area contributed by atoms with Gasteiger partial charge in [0.05, 0.1) is 5.71 Å². The average molecular weight is 270 g/mol. The number of likely N-dealkylation sites (tertiary alicyclic amines) is 1. The van der Waals surface area contributed by atoms with Crippen molar-refractivity contribution in [3.8, 4) is 0 Å². The van der Waals surface area contributed by atoms with Gasteiger partial charge < -0.3 is 14.5 Å². The van der Waals surface area contributed by atoms with Crippen LogP contribution in [0.1, 0.15) is 47.5 Å². The van der Waals surface area contributed by atoms with Gasteiger partial charge in [0.15, 0.2) is 0 Å². The van der Waals surface area contributed by atoms with E-state index in [4.69, 9.17) is 9.57 Å². The van der Waals surface area contributed by atoms with E-state index in [1.54, 1.807) is 4.90 Å². The van der Waals surface area contributed by atoms with E-state index >= 15 is 0 Å². The highest BCUT2D eigenvalue weighted by molar-refractivity contribution is 5.84. The van der Waals surface area contributed by atoms with Gasteiger partial charge in [-0.15, -0.1) is 0 Å². The second-order valence-electron chi connectivity index (χ2n) is 5.92. The molecule has 5 heteroatoms.